The normalized spacial score (nSPS) is 12.0. The lowest BCUT2D eigenvalue weighted by Crippen LogP contribution is -2.26. The lowest BCUT2D eigenvalue weighted by atomic mass is 10.2. The zero-order valence-corrected chi connectivity index (χ0v) is 22.8. The van der Waals surface area contributed by atoms with Crippen molar-refractivity contribution in [3.05, 3.63) is 88.7 Å². The van der Waals surface area contributed by atoms with Crippen LogP contribution in [0, 0.1) is 0 Å². The van der Waals surface area contributed by atoms with Gasteiger partial charge in [0.1, 0.15) is 0 Å². The van der Waals surface area contributed by atoms with Gasteiger partial charge < -0.3 is 14.0 Å². The number of anilines is 1. The number of nitrogens with zero attached hydrogens (tertiary/aromatic N) is 3. The molecular formula is C27H27N3O6S2. The number of ether oxygens (including phenoxy) is 2. The molecule has 0 spiro atoms. The molecule has 0 aliphatic carbocycles. The van der Waals surface area contributed by atoms with Gasteiger partial charge in [0.25, 0.3) is 15.9 Å². The second-order valence-electron chi connectivity index (χ2n) is 8.18. The van der Waals surface area contributed by atoms with Crippen molar-refractivity contribution in [1.29, 1.82) is 0 Å². The number of fused-ring (bicyclic) bond motifs is 1. The summed E-state index contributed by atoms with van der Waals surface area (Å²) in [5, 5.41) is 0. The first-order chi connectivity index (χ1) is 18.3. The van der Waals surface area contributed by atoms with Crippen molar-refractivity contribution < 1.29 is 27.5 Å². The molecule has 0 unspecified atom stereocenters. The summed E-state index contributed by atoms with van der Waals surface area (Å²) in [6, 6.07) is 19.6. The molecule has 38 heavy (non-hydrogen) atoms. The van der Waals surface area contributed by atoms with Gasteiger partial charge in [0.05, 0.1) is 39.6 Å². The number of sulfonamides is 1. The van der Waals surface area contributed by atoms with E-state index in [2.05, 4.69) is 4.99 Å². The van der Waals surface area contributed by atoms with E-state index in [1.165, 1.54) is 47.0 Å². The highest BCUT2D eigenvalue weighted by atomic mass is 32.2. The topological polar surface area (TPSA) is 107 Å². The van der Waals surface area contributed by atoms with E-state index in [-0.39, 0.29) is 17.1 Å². The lowest BCUT2D eigenvalue weighted by Gasteiger charge is -2.19. The predicted octanol–water partition coefficient (Wildman–Crippen LogP) is 4.09. The van der Waals surface area contributed by atoms with E-state index in [1.54, 1.807) is 56.5 Å². The predicted molar refractivity (Wildman–Crippen MR) is 146 cm³/mol. The smallest absolute Gasteiger partial charge is 0.338 e. The number of carbonyl (C=O) groups is 2. The number of amides is 1. The maximum atomic E-state index is 13.1. The van der Waals surface area contributed by atoms with Crippen molar-refractivity contribution in [2.45, 2.75) is 18.4 Å². The number of rotatable bonds is 9. The summed E-state index contributed by atoms with van der Waals surface area (Å²) in [7, 11) is -0.742. The van der Waals surface area contributed by atoms with Gasteiger partial charge in [-0.2, -0.15) is 4.99 Å². The first-order valence-corrected chi connectivity index (χ1v) is 14.0. The Balaban J connectivity index is 1.66. The summed E-state index contributed by atoms with van der Waals surface area (Å²) < 4.78 is 40.2. The minimum Gasteiger partial charge on any atom is -0.462 e. The third-order valence-corrected chi connectivity index (χ3v) is 8.63. The van der Waals surface area contributed by atoms with Crippen LogP contribution in [0.5, 0.6) is 0 Å². The molecule has 198 valence electrons. The van der Waals surface area contributed by atoms with Gasteiger partial charge in [-0.15, -0.1) is 0 Å². The molecule has 11 heteroatoms. The lowest BCUT2D eigenvalue weighted by molar-refractivity contribution is 0.0526. The number of esters is 1. The van der Waals surface area contributed by atoms with Crippen molar-refractivity contribution in [2.75, 3.05) is 31.7 Å². The fraction of sp³-hybridized carbons (Fsp3) is 0.222. The van der Waals surface area contributed by atoms with Crippen LogP contribution in [-0.2, 0) is 26.0 Å². The molecule has 1 aromatic heterocycles. The quantitative estimate of drug-likeness (QED) is 0.289. The molecule has 4 aromatic rings. The van der Waals surface area contributed by atoms with Crippen LogP contribution in [0.3, 0.4) is 0 Å². The molecular weight excluding hydrogens is 526 g/mol. The van der Waals surface area contributed by atoms with Crippen LogP contribution in [0.15, 0.2) is 82.7 Å². The highest BCUT2D eigenvalue weighted by Crippen LogP contribution is 2.23. The van der Waals surface area contributed by atoms with E-state index >= 15 is 0 Å². The monoisotopic (exact) mass is 553 g/mol. The molecule has 4 rings (SSSR count). The van der Waals surface area contributed by atoms with Crippen molar-refractivity contribution >= 4 is 49.1 Å². The Morgan fingerprint density at radius 2 is 1.68 bits per heavy atom. The second-order valence-corrected chi connectivity index (χ2v) is 11.2. The maximum absolute atomic E-state index is 13.1. The Kier molecular flexibility index (Phi) is 8.40. The van der Waals surface area contributed by atoms with Gasteiger partial charge in [-0.25, -0.2) is 13.2 Å². The number of para-hydroxylation sites is 1. The van der Waals surface area contributed by atoms with Gasteiger partial charge in [-0.1, -0.05) is 29.5 Å². The summed E-state index contributed by atoms with van der Waals surface area (Å²) in [6.07, 6.45) is 0. The van der Waals surface area contributed by atoms with Gasteiger partial charge in [0.2, 0.25) is 0 Å². The van der Waals surface area contributed by atoms with E-state index in [0.717, 1.165) is 10.2 Å². The van der Waals surface area contributed by atoms with Crippen molar-refractivity contribution in [3.8, 4) is 0 Å². The number of hydrogen-bond acceptors (Lipinski definition) is 7. The van der Waals surface area contributed by atoms with E-state index in [9.17, 15) is 18.0 Å². The second kappa shape index (κ2) is 11.7. The van der Waals surface area contributed by atoms with E-state index in [0.29, 0.717) is 29.2 Å². The zero-order chi connectivity index (χ0) is 27.3. The largest absolute Gasteiger partial charge is 0.462 e. The van der Waals surface area contributed by atoms with Gasteiger partial charge in [0.15, 0.2) is 4.80 Å². The van der Waals surface area contributed by atoms with Crippen molar-refractivity contribution in [3.63, 3.8) is 0 Å². The molecule has 0 saturated heterocycles. The number of carbonyl (C=O) groups excluding carboxylic acids is 2. The standard InChI is InChI=1S/C27H27N3O6S2/c1-4-36-26(32)20-12-15-23-24(18-20)37-27(30(23)16-17-35-3)28-25(31)19-10-13-22(14-11-19)38(33,34)29(2)21-8-6-5-7-9-21/h5-15,18H,4,16-17H2,1-3H3. The third kappa shape index (κ3) is 5.69. The molecule has 0 atom stereocenters. The Hall–Kier alpha value is -3.80. The van der Waals surface area contributed by atoms with Crippen LogP contribution in [0.1, 0.15) is 27.6 Å². The van der Waals surface area contributed by atoms with E-state index < -0.39 is 21.9 Å². The molecule has 0 fully saturated rings. The number of benzene rings is 3. The van der Waals surface area contributed by atoms with Crippen molar-refractivity contribution in [1.82, 2.24) is 4.57 Å². The molecule has 0 bridgehead atoms. The van der Waals surface area contributed by atoms with Crippen LogP contribution in [0.25, 0.3) is 10.2 Å². The summed E-state index contributed by atoms with van der Waals surface area (Å²) in [4.78, 5) is 30.0. The molecule has 1 amide bonds. The number of aromatic nitrogens is 1. The van der Waals surface area contributed by atoms with Crippen LogP contribution in [0.4, 0.5) is 5.69 Å². The highest BCUT2D eigenvalue weighted by Gasteiger charge is 2.21. The molecule has 0 radical (unpaired) electrons. The molecule has 0 aliphatic heterocycles. The van der Waals surface area contributed by atoms with Gasteiger partial charge in [-0.3, -0.25) is 9.10 Å². The molecule has 0 aliphatic rings. The van der Waals surface area contributed by atoms with E-state index in [1.807, 2.05) is 10.6 Å². The summed E-state index contributed by atoms with van der Waals surface area (Å²) in [5.74, 6) is -0.942. The Labute approximate surface area is 224 Å². The molecule has 0 saturated carbocycles. The molecule has 0 N–H and O–H groups in total. The fourth-order valence-electron chi connectivity index (χ4n) is 3.75. The van der Waals surface area contributed by atoms with Crippen LogP contribution < -0.4 is 9.11 Å². The van der Waals surface area contributed by atoms with Crippen molar-refractivity contribution in [2.24, 2.45) is 4.99 Å². The molecule has 1 heterocycles. The molecule has 9 nitrogen and oxygen atoms in total. The van der Waals surface area contributed by atoms with E-state index in [4.69, 9.17) is 9.47 Å². The Morgan fingerprint density at radius 3 is 2.34 bits per heavy atom. The minimum absolute atomic E-state index is 0.0592. The number of hydrogen-bond donors (Lipinski definition) is 0. The average Bonchev–Trinajstić information content (AvgIpc) is 3.27. The average molecular weight is 554 g/mol. The zero-order valence-electron chi connectivity index (χ0n) is 21.2. The number of methoxy groups -OCH3 is 1. The number of thiazole rings is 1. The highest BCUT2D eigenvalue weighted by molar-refractivity contribution is 7.92. The third-order valence-electron chi connectivity index (χ3n) is 5.79. The van der Waals surface area contributed by atoms with Gasteiger partial charge in [-0.05, 0) is 61.5 Å². The summed E-state index contributed by atoms with van der Waals surface area (Å²) >= 11 is 1.27. The van der Waals surface area contributed by atoms with Gasteiger partial charge in [0, 0.05) is 26.3 Å². The Bertz CT molecular complexity index is 1630. The Morgan fingerprint density at radius 1 is 1.00 bits per heavy atom. The summed E-state index contributed by atoms with van der Waals surface area (Å²) in [6.45, 7) is 2.86. The van der Waals surface area contributed by atoms with Crippen LogP contribution in [0.2, 0.25) is 0 Å². The first kappa shape index (κ1) is 27.2. The van der Waals surface area contributed by atoms with Gasteiger partial charge >= 0.3 is 5.97 Å². The van der Waals surface area contributed by atoms with Crippen LogP contribution in [-0.4, -0.2) is 52.2 Å². The minimum atomic E-state index is -3.81. The first-order valence-electron chi connectivity index (χ1n) is 11.8. The molecule has 3 aromatic carbocycles. The summed E-state index contributed by atoms with van der Waals surface area (Å²) in [5.41, 5.74) is 1.99. The van der Waals surface area contributed by atoms with Crippen LogP contribution >= 0.6 is 11.3 Å². The SMILES string of the molecule is CCOC(=O)c1ccc2c(c1)sc(=NC(=O)c1ccc(S(=O)(=O)N(C)c3ccccc3)cc1)n2CCOC. The maximum Gasteiger partial charge on any atom is 0.338 e. The fourth-order valence-corrected chi connectivity index (χ4v) is 6.04.